The zero-order valence-electron chi connectivity index (χ0n) is 12.5. The van der Waals surface area contributed by atoms with Crippen molar-refractivity contribution in [1.29, 1.82) is 0 Å². The second-order valence-electron chi connectivity index (χ2n) is 4.52. The van der Waals surface area contributed by atoms with Gasteiger partial charge in [0, 0.05) is 17.1 Å². The molecule has 0 atom stereocenters. The first-order valence-electron chi connectivity index (χ1n) is 6.81. The van der Waals surface area contributed by atoms with Crippen LogP contribution in [0.1, 0.15) is 6.92 Å². The first-order valence-corrected chi connectivity index (χ1v) is 7.69. The molecule has 0 saturated heterocycles. The number of anilines is 2. The van der Waals surface area contributed by atoms with Crippen LogP contribution < -0.4 is 14.8 Å². The van der Waals surface area contributed by atoms with Crippen molar-refractivity contribution in [3.8, 4) is 11.5 Å². The van der Waals surface area contributed by atoms with Gasteiger partial charge >= 0.3 is 5.82 Å². The van der Waals surface area contributed by atoms with Gasteiger partial charge in [-0.2, -0.15) is 9.38 Å². The molecule has 9 heteroatoms. The van der Waals surface area contributed by atoms with Gasteiger partial charge in [0.1, 0.15) is 6.20 Å². The van der Waals surface area contributed by atoms with E-state index in [1.807, 2.05) is 6.92 Å². The van der Waals surface area contributed by atoms with Gasteiger partial charge in [-0.15, -0.1) is 0 Å². The highest BCUT2D eigenvalue weighted by molar-refractivity contribution is 7.15. The SMILES string of the molecule is CCOc1ccc(Nc2nc3sccn3c2[N+](=O)[O-])cc1OC. The van der Waals surface area contributed by atoms with Crippen molar-refractivity contribution in [2.24, 2.45) is 0 Å². The van der Waals surface area contributed by atoms with Crippen LogP contribution in [0.4, 0.5) is 17.3 Å². The Labute approximate surface area is 135 Å². The molecule has 0 aliphatic rings. The van der Waals surface area contributed by atoms with Gasteiger partial charge < -0.3 is 24.9 Å². The third-order valence-electron chi connectivity index (χ3n) is 3.14. The zero-order chi connectivity index (χ0) is 16.4. The summed E-state index contributed by atoms with van der Waals surface area (Å²) >= 11 is 1.33. The molecule has 0 fully saturated rings. The maximum absolute atomic E-state index is 11.3. The van der Waals surface area contributed by atoms with E-state index in [0.29, 0.717) is 28.8 Å². The van der Waals surface area contributed by atoms with Crippen LogP contribution in [0.3, 0.4) is 0 Å². The molecule has 1 aromatic carbocycles. The number of nitro groups is 1. The van der Waals surface area contributed by atoms with E-state index in [-0.39, 0.29) is 11.6 Å². The third kappa shape index (κ3) is 2.78. The summed E-state index contributed by atoms with van der Waals surface area (Å²) in [5.41, 5.74) is 0.624. The van der Waals surface area contributed by atoms with Gasteiger partial charge in [-0.05, 0) is 24.0 Å². The number of nitrogens with zero attached hydrogens (tertiary/aromatic N) is 3. The minimum Gasteiger partial charge on any atom is -0.493 e. The summed E-state index contributed by atoms with van der Waals surface area (Å²) in [4.78, 5) is 15.7. The van der Waals surface area contributed by atoms with Gasteiger partial charge in [0.2, 0.25) is 5.82 Å². The van der Waals surface area contributed by atoms with Crippen LogP contribution in [-0.2, 0) is 0 Å². The molecule has 0 bridgehead atoms. The first kappa shape index (κ1) is 15.1. The number of aromatic nitrogens is 2. The Morgan fingerprint density at radius 3 is 2.96 bits per heavy atom. The van der Waals surface area contributed by atoms with Crippen molar-refractivity contribution < 1.29 is 14.4 Å². The summed E-state index contributed by atoms with van der Waals surface area (Å²) in [6, 6.07) is 5.21. The standard InChI is InChI=1S/C14H14N4O4S/c1-3-22-10-5-4-9(8-11(10)21-2)15-12-13(18(19)20)17-6-7-23-14(17)16-12/h4-8,15H,3H2,1-2H3. The molecule has 3 rings (SSSR count). The predicted molar refractivity (Wildman–Crippen MR) is 87.2 cm³/mol. The number of benzene rings is 1. The monoisotopic (exact) mass is 334 g/mol. The van der Waals surface area contributed by atoms with Gasteiger partial charge in [0.15, 0.2) is 11.5 Å². The Morgan fingerprint density at radius 2 is 2.26 bits per heavy atom. The number of hydrogen-bond acceptors (Lipinski definition) is 7. The quantitative estimate of drug-likeness (QED) is 0.548. The van der Waals surface area contributed by atoms with Crippen molar-refractivity contribution in [2.45, 2.75) is 6.92 Å². The van der Waals surface area contributed by atoms with Crippen LogP contribution in [0.2, 0.25) is 0 Å². The lowest BCUT2D eigenvalue weighted by atomic mass is 10.2. The number of ether oxygens (including phenoxy) is 2. The average molecular weight is 334 g/mol. The molecule has 0 unspecified atom stereocenters. The van der Waals surface area contributed by atoms with E-state index in [4.69, 9.17) is 9.47 Å². The number of hydrogen-bond donors (Lipinski definition) is 1. The molecule has 0 amide bonds. The van der Waals surface area contributed by atoms with Gasteiger partial charge in [-0.3, -0.25) is 0 Å². The molecule has 0 radical (unpaired) electrons. The largest absolute Gasteiger partial charge is 0.493 e. The molecule has 2 heterocycles. The maximum atomic E-state index is 11.3. The van der Waals surface area contributed by atoms with E-state index in [0.717, 1.165) is 0 Å². The third-order valence-corrected chi connectivity index (χ3v) is 3.89. The van der Waals surface area contributed by atoms with E-state index in [1.165, 1.54) is 22.8 Å². The molecule has 120 valence electrons. The molecule has 0 aliphatic carbocycles. The van der Waals surface area contributed by atoms with Gasteiger partial charge in [0.25, 0.3) is 4.96 Å². The number of fused-ring (bicyclic) bond motifs is 1. The van der Waals surface area contributed by atoms with Crippen molar-refractivity contribution in [1.82, 2.24) is 9.38 Å². The minimum atomic E-state index is -0.457. The molecule has 0 spiro atoms. The summed E-state index contributed by atoms with van der Waals surface area (Å²) < 4.78 is 12.2. The highest BCUT2D eigenvalue weighted by Crippen LogP contribution is 2.34. The molecule has 0 saturated carbocycles. The summed E-state index contributed by atoms with van der Waals surface area (Å²) in [6.45, 7) is 2.40. The van der Waals surface area contributed by atoms with Crippen molar-refractivity contribution in [3.63, 3.8) is 0 Å². The molecule has 0 aliphatic heterocycles. The summed E-state index contributed by atoms with van der Waals surface area (Å²) in [5, 5.41) is 16.0. The molecule has 1 N–H and O–H groups in total. The van der Waals surface area contributed by atoms with E-state index in [9.17, 15) is 10.1 Å². The zero-order valence-corrected chi connectivity index (χ0v) is 13.3. The summed E-state index contributed by atoms with van der Waals surface area (Å²) in [6.07, 6.45) is 1.62. The van der Waals surface area contributed by atoms with E-state index in [2.05, 4.69) is 10.3 Å². The molecule has 8 nitrogen and oxygen atoms in total. The first-order chi connectivity index (χ1) is 11.1. The molecule has 23 heavy (non-hydrogen) atoms. The van der Waals surface area contributed by atoms with Crippen LogP contribution in [0, 0.1) is 10.1 Å². The number of thiazole rings is 1. The normalized spacial score (nSPS) is 10.7. The topological polar surface area (TPSA) is 90.9 Å². The highest BCUT2D eigenvalue weighted by atomic mass is 32.1. The van der Waals surface area contributed by atoms with Crippen LogP contribution in [0.15, 0.2) is 29.8 Å². The lowest BCUT2D eigenvalue weighted by molar-refractivity contribution is -0.389. The number of methoxy groups -OCH3 is 1. The fourth-order valence-electron chi connectivity index (χ4n) is 2.19. The second-order valence-corrected chi connectivity index (χ2v) is 5.39. The number of rotatable bonds is 6. The summed E-state index contributed by atoms with van der Waals surface area (Å²) in [5.74, 6) is 1.24. The van der Waals surface area contributed by atoms with E-state index < -0.39 is 4.92 Å². The fourth-order valence-corrected chi connectivity index (χ4v) is 2.90. The van der Waals surface area contributed by atoms with E-state index in [1.54, 1.807) is 29.8 Å². The lowest BCUT2D eigenvalue weighted by Crippen LogP contribution is -1.99. The molecule has 3 aromatic rings. The Kier molecular flexibility index (Phi) is 4.02. The van der Waals surface area contributed by atoms with Crippen LogP contribution in [0.25, 0.3) is 4.96 Å². The highest BCUT2D eigenvalue weighted by Gasteiger charge is 2.23. The Balaban J connectivity index is 1.97. The molecular weight excluding hydrogens is 320 g/mol. The summed E-state index contributed by atoms with van der Waals surface area (Å²) in [7, 11) is 1.54. The smallest absolute Gasteiger partial charge is 0.373 e. The van der Waals surface area contributed by atoms with Crippen LogP contribution in [-0.4, -0.2) is 28.0 Å². The van der Waals surface area contributed by atoms with Crippen LogP contribution >= 0.6 is 11.3 Å². The second kappa shape index (κ2) is 6.13. The van der Waals surface area contributed by atoms with Gasteiger partial charge in [-0.25, -0.2) is 0 Å². The van der Waals surface area contributed by atoms with Crippen molar-refractivity contribution in [2.75, 3.05) is 19.0 Å². The Hall–Kier alpha value is -2.81. The Bertz CT molecular complexity index is 858. The fraction of sp³-hybridized carbons (Fsp3) is 0.214. The van der Waals surface area contributed by atoms with Crippen LogP contribution in [0.5, 0.6) is 11.5 Å². The molecule has 2 aromatic heterocycles. The van der Waals surface area contributed by atoms with Gasteiger partial charge in [-0.1, -0.05) is 11.3 Å². The lowest BCUT2D eigenvalue weighted by Gasteiger charge is -2.11. The number of nitrogens with one attached hydrogen (secondary N) is 1. The maximum Gasteiger partial charge on any atom is 0.373 e. The predicted octanol–water partition coefficient (Wildman–Crippen LogP) is 3.45. The Morgan fingerprint density at radius 1 is 1.43 bits per heavy atom. The molecular formula is C14H14N4O4S. The average Bonchev–Trinajstić information content (AvgIpc) is 3.08. The minimum absolute atomic E-state index is 0.103. The number of imidazole rings is 1. The van der Waals surface area contributed by atoms with Gasteiger partial charge in [0.05, 0.1) is 13.7 Å². The van der Waals surface area contributed by atoms with Crippen molar-refractivity contribution in [3.05, 3.63) is 39.9 Å². The van der Waals surface area contributed by atoms with Crippen molar-refractivity contribution >= 4 is 33.6 Å². The van der Waals surface area contributed by atoms with E-state index >= 15 is 0 Å².